The number of aliphatic imine (C=N–C) groups is 1. The van der Waals surface area contributed by atoms with Gasteiger partial charge in [0.25, 0.3) is 0 Å². The second-order valence-corrected chi connectivity index (χ2v) is 7.61. The van der Waals surface area contributed by atoms with Crippen LogP contribution >= 0.6 is 39.9 Å². The number of halogens is 2. The topological polar surface area (TPSA) is 85.8 Å². The Labute approximate surface area is 197 Å². The third kappa shape index (κ3) is 8.31. The van der Waals surface area contributed by atoms with E-state index in [0.717, 1.165) is 21.3 Å². The van der Waals surface area contributed by atoms with Crippen LogP contribution in [0.5, 0.6) is 0 Å². The molecule has 1 unspecified atom stereocenters. The first kappa shape index (κ1) is 25.4. The second kappa shape index (κ2) is 12.1. The SMILES string of the molecule is CCNC(=NCC(=O)Nc1cc(Br)ccc1C)NCC(C)(O)c1ccccc1.I. The summed E-state index contributed by atoms with van der Waals surface area (Å²) in [4.78, 5) is 16.6. The molecule has 0 radical (unpaired) electrons. The Morgan fingerprint density at radius 2 is 1.86 bits per heavy atom. The van der Waals surface area contributed by atoms with Gasteiger partial charge in [0.15, 0.2) is 5.96 Å². The summed E-state index contributed by atoms with van der Waals surface area (Å²) in [5, 5.41) is 19.8. The molecule has 2 rings (SSSR count). The van der Waals surface area contributed by atoms with Crippen LogP contribution < -0.4 is 16.0 Å². The lowest BCUT2D eigenvalue weighted by Crippen LogP contribution is -2.44. The number of carbonyl (C=O) groups excluding carboxylic acids is 1. The van der Waals surface area contributed by atoms with E-state index in [0.29, 0.717) is 12.5 Å². The molecule has 6 nitrogen and oxygen atoms in total. The van der Waals surface area contributed by atoms with Crippen molar-refractivity contribution in [2.45, 2.75) is 26.4 Å². The molecule has 1 atom stereocenters. The van der Waals surface area contributed by atoms with Gasteiger partial charge in [0.05, 0.1) is 6.54 Å². The quantitative estimate of drug-likeness (QED) is 0.230. The highest BCUT2D eigenvalue weighted by Gasteiger charge is 2.23. The maximum absolute atomic E-state index is 12.3. The number of aryl methyl sites for hydroxylation is 1. The summed E-state index contributed by atoms with van der Waals surface area (Å²) in [5.41, 5.74) is 1.47. The number of hydrogen-bond acceptors (Lipinski definition) is 3. The predicted octanol–water partition coefficient (Wildman–Crippen LogP) is 3.78. The van der Waals surface area contributed by atoms with Gasteiger partial charge in [0, 0.05) is 16.7 Å². The molecule has 0 heterocycles. The minimum Gasteiger partial charge on any atom is -0.384 e. The molecule has 0 saturated carbocycles. The summed E-state index contributed by atoms with van der Waals surface area (Å²) in [7, 11) is 0. The fourth-order valence-corrected chi connectivity index (χ4v) is 2.93. The number of carbonyl (C=O) groups is 1. The number of hydrogen-bond donors (Lipinski definition) is 4. The maximum atomic E-state index is 12.3. The maximum Gasteiger partial charge on any atom is 0.246 e. The van der Waals surface area contributed by atoms with E-state index in [1.807, 2.05) is 62.4 Å². The molecule has 0 aliphatic carbocycles. The molecular weight excluding hydrogens is 547 g/mol. The van der Waals surface area contributed by atoms with Gasteiger partial charge < -0.3 is 21.1 Å². The summed E-state index contributed by atoms with van der Waals surface area (Å²) < 4.78 is 0.898. The molecule has 0 fully saturated rings. The van der Waals surface area contributed by atoms with Crippen LogP contribution in [0.1, 0.15) is 25.0 Å². The van der Waals surface area contributed by atoms with E-state index in [9.17, 15) is 9.90 Å². The van der Waals surface area contributed by atoms with Crippen LogP contribution in [-0.4, -0.2) is 36.6 Å². The molecule has 2 aromatic carbocycles. The van der Waals surface area contributed by atoms with Crippen LogP contribution in [0, 0.1) is 6.92 Å². The summed E-state index contributed by atoms with van der Waals surface area (Å²) in [6.45, 7) is 6.48. The predicted molar refractivity (Wildman–Crippen MR) is 133 cm³/mol. The van der Waals surface area contributed by atoms with Crippen molar-refractivity contribution < 1.29 is 9.90 Å². The van der Waals surface area contributed by atoms with Crippen molar-refractivity contribution in [3.05, 3.63) is 64.1 Å². The zero-order chi connectivity index (χ0) is 20.6. The minimum absolute atomic E-state index is 0. The lowest BCUT2D eigenvalue weighted by atomic mass is 9.96. The van der Waals surface area contributed by atoms with E-state index in [-0.39, 0.29) is 43.0 Å². The molecule has 4 N–H and O–H groups in total. The van der Waals surface area contributed by atoms with Crippen LogP contribution in [-0.2, 0) is 10.4 Å². The number of benzene rings is 2. The smallest absolute Gasteiger partial charge is 0.246 e. The van der Waals surface area contributed by atoms with Gasteiger partial charge in [-0.3, -0.25) is 4.79 Å². The van der Waals surface area contributed by atoms with Crippen molar-refractivity contribution in [1.29, 1.82) is 0 Å². The van der Waals surface area contributed by atoms with Crippen LogP contribution in [0.15, 0.2) is 58.0 Å². The molecule has 1 amide bonds. The van der Waals surface area contributed by atoms with Crippen LogP contribution in [0.25, 0.3) is 0 Å². The average Bonchev–Trinajstić information content (AvgIpc) is 2.67. The third-order valence-electron chi connectivity index (χ3n) is 4.19. The van der Waals surface area contributed by atoms with Crippen molar-refractivity contribution >= 4 is 57.5 Å². The first-order valence-electron chi connectivity index (χ1n) is 9.18. The Morgan fingerprint density at radius 1 is 1.17 bits per heavy atom. The number of rotatable bonds is 7. The van der Waals surface area contributed by atoms with Crippen molar-refractivity contribution in [3.63, 3.8) is 0 Å². The average molecular weight is 575 g/mol. The first-order chi connectivity index (χ1) is 13.3. The van der Waals surface area contributed by atoms with Crippen molar-refractivity contribution in [3.8, 4) is 0 Å². The van der Waals surface area contributed by atoms with Crippen molar-refractivity contribution in [2.24, 2.45) is 4.99 Å². The molecule has 0 spiro atoms. The molecule has 29 heavy (non-hydrogen) atoms. The monoisotopic (exact) mass is 574 g/mol. The summed E-state index contributed by atoms with van der Waals surface area (Å²) in [6.07, 6.45) is 0. The number of aliphatic hydroxyl groups is 1. The molecule has 0 saturated heterocycles. The van der Waals surface area contributed by atoms with Gasteiger partial charge in [-0.05, 0) is 44.0 Å². The highest BCUT2D eigenvalue weighted by atomic mass is 127. The van der Waals surface area contributed by atoms with Gasteiger partial charge in [-0.15, -0.1) is 24.0 Å². The van der Waals surface area contributed by atoms with E-state index >= 15 is 0 Å². The third-order valence-corrected chi connectivity index (χ3v) is 4.69. The lowest BCUT2D eigenvalue weighted by Gasteiger charge is -2.25. The van der Waals surface area contributed by atoms with E-state index in [4.69, 9.17) is 0 Å². The molecule has 0 aliphatic rings. The van der Waals surface area contributed by atoms with Crippen LogP contribution in [0.2, 0.25) is 0 Å². The first-order valence-corrected chi connectivity index (χ1v) is 9.97. The molecule has 8 heteroatoms. The highest BCUT2D eigenvalue weighted by Crippen LogP contribution is 2.20. The largest absolute Gasteiger partial charge is 0.384 e. The number of nitrogens with zero attached hydrogens (tertiary/aromatic N) is 1. The Morgan fingerprint density at radius 3 is 2.52 bits per heavy atom. The second-order valence-electron chi connectivity index (χ2n) is 6.70. The van der Waals surface area contributed by atoms with Gasteiger partial charge in [0.2, 0.25) is 5.91 Å². The minimum atomic E-state index is -1.06. The summed E-state index contributed by atoms with van der Waals surface area (Å²) in [6, 6.07) is 15.1. The Hall–Kier alpha value is -1.65. The number of guanidine groups is 1. The Kier molecular flexibility index (Phi) is 10.6. The highest BCUT2D eigenvalue weighted by molar-refractivity contribution is 14.0. The van der Waals surface area contributed by atoms with E-state index < -0.39 is 5.60 Å². The summed E-state index contributed by atoms with van der Waals surface area (Å²) >= 11 is 3.40. The van der Waals surface area contributed by atoms with Gasteiger partial charge in [-0.2, -0.15) is 0 Å². The molecule has 0 aliphatic heterocycles. The lowest BCUT2D eigenvalue weighted by molar-refractivity contribution is -0.114. The van der Waals surface area contributed by atoms with Gasteiger partial charge in [0.1, 0.15) is 12.1 Å². The van der Waals surface area contributed by atoms with Crippen molar-refractivity contribution in [1.82, 2.24) is 10.6 Å². The number of anilines is 1. The molecule has 2 aromatic rings. The zero-order valence-electron chi connectivity index (χ0n) is 16.8. The fraction of sp³-hybridized carbons (Fsp3) is 0.333. The molecule has 158 valence electrons. The van der Waals surface area contributed by atoms with Gasteiger partial charge in [-0.25, -0.2) is 4.99 Å². The Bertz CT molecular complexity index is 829. The Balaban J connectivity index is 0.00000420. The number of amides is 1. The van der Waals surface area contributed by atoms with Crippen LogP contribution in [0.4, 0.5) is 5.69 Å². The van der Waals surface area contributed by atoms with Gasteiger partial charge in [-0.1, -0.05) is 52.3 Å². The van der Waals surface area contributed by atoms with Crippen molar-refractivity contribution in [2.75, 3.05) is 25.0 Å². The molecule has 0 bridgehead atoms. The van der Waals surface area contributed by atoms with E-state index in [2.05, 4.69) is 36.9 Å². The van der Waals surface area contributed by atoms with E-state index in [1.165, 1.54) is 0 Å². The van der Waals surface area contributed by atoms with Gasteiger partial charge >= 0.3 is 0 Å². The molecule has 0 aromatic heterocycles. The van der Waals surface area contributed by atoms with Crippen LogP contribution in [0.3, 0.4) is 0 Å². The number of nitrogens with one attached hydrogen (secondary N) is 3. The normalized spacial score (nSPS) is 13.1. The zero-order valence-corrected chi connectivity index (χ0v) is 20.7. The fourth-order valence-electron chi connectivity index (χ4n) is 2.57. The summed E-state index contributed by atoms with van der Waals surface area (Å²) in [5.74, 6) is 0.257. The molecular formula is C21H28BrIN4O2. The standard InChI is InChI=1S/C21H27BrN4O2.HI/c1-4-23-20(25-14-21(3,28)16-8-6-5-7-9-16)24-13-19(27)26-18-12-17(22)11-10-15(18)2;/h5-12,28H,4,13-14H2,1-3H3,(H,26,27)(H2,23,24,25);1H. The van der Waals surface area contributed by atoms with E-state index in [1.54, 1.807) is 6.92 Å².